The number of para-hydroxylation sites is 1. The van der Waals surface area contributed by atoms with Crippen LogP contribution in [0.25, 0.3) is 0 Å². The summed E-state index contributed by atoms with van der Waals surface area (Å²) in [5, 5.41) is 3.03. The first-order valence-corrected chi connectivity index (χ1v) is 8.13. The molecule has 1 fully saturated rings. The number of carbonyl (C=O) groups excluding carboxylic acids is 2. The molecular weight excluding hydrogens is 276 g/mol. The van der Waals surface area contributed by atoms with Crippen LogP contribution in [-0.4, -0.2) is 29.3 Å². The molecule has 0 aromatic heterocycles. The van der Waals surface area contributed by atoms with E-state index in [0.717, 1.165) is 17.7 Å². The van der Waals surface area contributed by atoms with Crippen molar-refractivity contribution < 1.29 is 9.59 Å². The van der Waals surface area contributed by atoms with Gasteiger partial charge in [-0.2, -0.15) is 0 Å². The number of likely N-dealkylation sites (tertiary alicyclic amines) is 1. The fourth-order valence-electron chi connectivity index (χ4n) is 2.90. The zero-order valence-electron chi connectivity index (χ0n) is 13.9. The van der Waals surface area contributed by atoms with Crippen molar-refractivity contribution in [2.24, 2.45) is 5.92 Å². The number of hydrogen-bond donors (Lipinski definition) is 1. The van der Waals surface area contributed by atoms with Crippen LogP contribution < -0.4 is 5.32 Å². The van der Waals surface area contributed by atoms with Crippen molar-refractivity contribution in [2.45, 2.75) is 52.5 Å². The maximum Gasteiger partial charge on any atom is 0.229 e. The Hall–Kier alpha value is -1.84. The molecule has 120 valence electrons. The maximum absolute atomic E-state index is 12.5. The van der Waals surface area contributed by atoms with Crippen LogP contribution in [0.3, 0.4) is 0 Å². The van der Waals surface area contributed by atoms with E-state index in [1.54, 1.807) is 4.90 Å². The van der Waals surface area contributed by atoms with Gasteiger partial charge in [-0.15, -0.1) is 0 Å². The van der Waals surface area contributed by atoms with E-state index in [9.17, 15) is 9.59 Å². The predicted octanol–water partition coefficient (Wildman–Crippen LogP) is 3.40. The molecule has 4 heteroatoms. The zero-order chi connectivity index (χ0) is 16.3. The van der Waals surface area contributed by atoms with Crippen LogP contribution in [0.15, 0.2) is 24.3 Å². The number of carbonyl (C=O) groups is 2. The van der Waals surface area contributed by atoms with Crippen LogP contribution in [0.4, 0.5) is 5.69 Å². The number of rotatable bonds is 5. The fraction of sp³-hybridized carbons (Fsp3) is 0.556. The highest BCUT2D eigenvalue weighted by molar-refractivity contribution is 5.97. The van der Waals surface area contributed by atoms with Gasteiger partial charge in [0.2, 0.25) is 11.8 Å². The third kappa shape index (κ3) is 3.49. The van der Waals surface area contributed by atoms with E-state index in [0.29, 0.717) is 18.9 Å². The van der Waals surface area contributed by atoms with Crippen LogP contribution in [0.2, 0.25) is 0 Å². The number of anilines is 1. The zero-order valence-corrected chi connectivity index (χ0v) is 13.9. The Bertz CT molecular complexity index is 554. The lowest BCUT2D eigenvalue weighted by Gasteiger charge is -2.21. The summed E-state index contributed by atoms with van der Waals surface area (Å²) >= 11 is 0. The second-order valence-electron chi connectivity index (χ2n) is 6.43. The Morgan fingerprint density at radius 1 is 1.32 bits per heavy atom. The van der Waals surface area contributed by atoms with E-state index in [2.05, 4.69) is 25.2 Å². The summed E-state index contributed by atoms with van der Waals surface area (Å²) < 4.78 is 0. The van der Waals surface area contributed by atoms with E-state index in [1.165, 1.54) is 0 Å². The standard InChI is InChI=1S/C18H26N2O2/c1-5-13(4)15-8-6-7-9-16(15)19-18(22)14-10-17(21)20(11-14)12(2)3/h6-9,12-14H,5,10-11H2,1-4H3,(H,19,22)/t13-,14-/m0/s1. The second kappa shape index (κ2) is 6.95. The van der Waals surface area contributed by atoms with Gasteiger partial charge in [-0.05, 0) is 37.8 Å². The molecule has 1 saturated heterocycles. The molecule has 22 heavy (non-hydrogen) atoms. The third-order valence-corrected chi connectivity index (χ3v) is 4.51. The lowest BCUT2D eigenvalue weighted by atomic mass is 9.96. The number of hydrogen-bond acceptors (Lipinski definition) is 2. The summed E-state index contributed by atoms with van der Waals surface area (Å²) in [7, 11) is 0. The molecule has 1 aliphatic rings. The highest BCUT2D eigenvalue weighted by Gasteiger charge is 2.35. The minimum absolute atomic E-state index is 0.0488. The average molecular weight is 302 g/mol. The van der Waals surface area contributed by atoms with E-state index >= 15 is 0 Å². The van der Waals surface area contributed by atoms with E-state index in [1.807, 2.05) is 32.0 Å². The van der Waals surface area contributed by atoms with Crippen molar-refractivity contribution in [3.63, 3.8) is 0 Å². The number of nitrogens with zero attached hydrogens (tertiary/aromatic N) is 1. The predicted molar refractivity (Wildman–Crippen MR) is 88.7 cm³/mol. The normalized spacial score (nSPS) is 19.6. The van der Waals surface area contributed by atoms with Gasteiger partial charge in [-0.1, -0.05) is 32.0 Å². The first-order chi connectivity index (χ1) is 10.4. The maximum atomic E-state index is 12.5. The summed E-state index contributed by atoms with van der Waals surface area (Å²) in [6, 6.07) is 8.08. The summed E-state index contributed by atoms with van der Waals surface area (Å²) in [6.45, 7) is 8.78. The van der Waals surface area contributed by atoms with Crippen molar-refractivity contribution in [1.29, 1.82) is 0 Å². The minimum atomic E-state index is -0.250. The monoisotopic (exact) mass is 302 g/mol. The van der Waals surface area contributed by atoms with Gasteiger partial charge in [0, 0.05) is 24.7 Å². The molecule has 0 spiro atoms. The van der Waals surface area contributed by atoms with Gasteiger partial charge >= 0.3 is 0 Å². The molecule has 4 nitrogen and oxygen atoms in total. The molecule has 1 aliphatic heterocycles. The third-order valence-electron chi connectivity index (χ3n) is 4.51. The Kier molecular flexibility index (Phi) is 5.22. The lowest BCUT2D eigenvalue weighted by Crippen LogP contribution is -2.33. The topological polar surface area (TPSA) is 49.4 Å². The lowest BCUT2D eigenvalue weighted by molar-refractivity contribution is -0.129. The van der Waals surface area contributed by atoms with Gasteiger partial charge in [0.15, 0.2) is 0 Å². The van der Waals surface area contributed by atoms with Crippen molar-refractivity contribution >= 4 is 17.5 Å². The molecule has 1 N–H and O–H groups in total. The van der Waals surface area contributed by atoms with Gasteiger partial charge in [-0.25, -0.2) is 0 Å². The van der Waals surface area contributed by atoms with Crippen LogP contribution in [0.1, 0.15) is 52.0 Å². The van der Waals surface area contributed by atoms with Gasteiger partial charge in [0.1, 0.15) is 0 Å². The highest BCUT2D eigenvalue weighted by atomic mass is 16.2. The molecule has 0 bridgehead atoms. The molecule has 2 atom stereocenters. The van der Waals surface area contributed by atoms with Gasteiger partial charge in [0.05, 0.1) is 5.92 Å². The fourth-order valence-corrected chi connectivity index (χ4v) is 2.90. The molecule has 1 aromatic rings. The number of benzene rings is 1. The largest absolute Gasteiger partial charge is 0.339 e. The first-order valence-electron chi connectivity index (χ1n) is 8.13. The molecule has 0 saturated carbocycles. The Morgan fingerprint density at radius 2 is 2.00 bits per heavy atom. The number of amides is 2. The van der Waals surface area contributed by atoms with Crippen LogP contribution in [-0.2, 0) is 9.59 Å². The van der Waals surface area contributed by atoms with Gasteiger partial charge in [-0.3, -0.25) is 9.59 Å². The molecule has 1 heterocycles. The highest BCUT2D eigenvalue weighted by Crippen LogP contribution is 2.28. The molecule has 0 radical (unpaired) electrons. The van der Waals surface area contributed by atoms with Crippen molar-refractivity contribution in [1.82, 2.24) is 4.90 Å². The molecule has 0 unspecified atom stereocenters. The van der Waals surface area contributed by atoms with E-state index < -0.39 is 0 Å². The smallest absolute Gasteiger partial charge is 0.229 e. The molecule has 1 aromatic carbocycles. The molecule has 0 aliphatic carbocycles. The second-order valence-corrected chi connectivity index (χ2v) is 6.43. The quantitative estimate of drug-likeness (QED) is 0.906. The van der Waals surface area contributed by atoms with E-state index in [4.69, 9.17) is 0 Å². The number of nitrogens with one attached hydrogen (secondary N) is 1. The Morgan fingerprint density at radius 3 is 2.59 bits per heavy atom. The Balaban J connectivity index is 2.09. The summed E-state index contributed by atoms with van der Waals surface area (Å²) in [5.74, 6) is 0.173. The van der Waals surface area contributed by atoms with E-state index in [-0.39, 0.29) is 23.8 Å². The summed E-state index contributed by atoms with van der Waals surface area (Å²) in [6.07, 6.45) is 1.34. The summed E-state index contributed by atoms with van der Waals surface area (Å²) in [4.78, 5) is 26.2. The molecule has 2 rings (SSSR count). The van der Waals surface area contributed by atoms with Crippen molar-refractivity contribution in [3.05, 3.63) is 29.8 Å². The molecular formula is C18H26N2O2. The van der Waals surface area contributed by atoms with Gasteiger partial charge in [0.25, 0.3) is 0 Å². The summed E-state index contributed by atoms with van der Waals surface area (Å²) in [5.41, 5.74) is 2.03. The van der Waals surface area contributed by atoms with Gasteiger partial charge < -0.3 is 10.2 Å². The molecule has 2 amide bonds. The van der Waals surface area contributed by atoms with Crippen LogP contribution in [0, 0.1) is 5.92 Å². The minimum Gasteiger partial charge on any atom is -0.339 e. The average Bonchev–Trinajstić information content (AvgIpc) is 2.89. The SMILES string of the molecule is CC[C@H](C)c1ccccc1NC(=O)[C@H]1CC(=O)N(C(C)C)C1. The first kappa shape index (κ1) is 16.5. The van der Waals surface area contributed by atoms with Crippen molar-refractivity contribution in [3.8, 4) is 0 Å². The van der Waals surface area contributed by atoms with Crippen LogP contribution in [0.5, 0.6) is 0 Å². The van der Waals surface area contributed by atoms with Crippen LogP contribution >= 0.6 is 0 Å². The van der Waals surface area contributed by atoms with Crippen molar-refractivity contribution in [2.75, 3.05) is 11.9 Å². The Labute approximate surface area is 132 Å².